The number of aliphatic carboxylic acids is 2. The molecule has 22 heteroatoms. The molecule has 0 bridgehead atoms. The molecule has 6 atom stereocenters. The van der Waals surface area contributed by atoms with Crippen LogP contribution in [-0.4, -0.2) is 117 Å². The number of alkyl halides is 3. The predicted octanol–water partition coefficient (Wildman–Crippen LogP) is 2.38. The fourth-order valence-corrected chi connectivity index (χ4v) is 6.70. The first-order valence-electron chi connectivity index (χ1n) is 20.8. The second kappa shape index (κ2) is 24.5. The van der Waals surface area contributed by atoms with E-state index in [1.165, 1.54) is 52.0 Å². The van der Waals surface area contributed by atoms with E-state index >= 15 is 4.79 Å². The summed E-state index contributed by atoms with van der Waals surface area (Å²) in [5, 5.41) is 30.3. The number of aldehydes is 1. The summed E-state index contributed by atoms with van der Waals surface area (Å²) in [6.07, 6.45) is -9.40. The number of rotatable bonds is 23. The van der Waals surface area contributed by atoms with Crippen LogP contribution in [0.3, 0.4) is 0 Å². The van der Waals surface area contributed by atoms with Crippen LogP contribution in [-0.2, 0) is 49.6 Å². The molecule has 2 aromatic rings. The SMILES string of the molecule is CC(=O)Nc1ccc(C(=O)N(C(=O)[C@H](Cc2ccccc2C)NC(=O)[C@H](CCC(=O)O)NC(=O)[C@@H](N)CC(=O)O)[C@H](C(=O)N[C@@H](CC(C)C)C(=O)NC(C=O)CC(F)(F)F)C(C)(C)C)cc1. The number of nitrogens with zero attached hydrogens (tertiary/aromatic N) is 1. The average Bonchev–Trinajstić information content (AvgIpc) is 3.19. The van der Waals surface area contributed by atoms with Crippen molar-refractivity contribution in [3.63, 3.8) is 0 Å². The Labute approximate surface area is 379 Å². The molecule has 0 aliphatic rings. The highest BCUT2D eigenvalue weighted by Gasteiger charge is 2.46. The van der Waals surface area contributed by atoms with Crippen LogP contribution >= 0.6 is 0 Å². The third-order valence-electron chi connectivity index (χ3n) is 9.83. The zero-order valence-corrected chi connectivity index (χ0v) is 37.6. The van der Waals surface area contributed by atoms with E-state index < -0.39 is 133 Å². The molecule has 0 saturated carbocycles. The van der Waals surface area contributed by atoms with Gasteiger partial charge in [-0.1, -0.05) is 58.9 Å². The first-order chi connectivity index (χ1) is 30.5. The van der Waals surface area contributed by atoms with Crippen molar-refractivity contribution >= 4 is 65.3 Å². The monoisotopic (exact) mass is 933 g/mol. The third-order valence-corrected chi connectivity index (χ3v) is 9.83. The minimum absolute atomic E-state index is 0.112. The maximum absolute atomic E-state index is 15.3. The molecule has 0 heterocycles. The molecule has 66 heavy (non-hydrogen) atoms. The molecule has 0 aliphatic carbocycles. The Balaban J connectivity index is 2.89. The summed E-state index contributed by atoms with van der Waals surface area (Å²) in [5.74, 6) is -10.7. The number of hydrogen-bond acceptors (Lipinski definition) is 11. The lowest BCUT2D eigenvalue weighted by Crippen LogP contribution is -2.64. The van der Waals surface area contributed by atoms with Crippen molar-refractivity contribution in [2.45, 2.75) is 129 Å². The van der Waals surface area contributed by atoms with Gasteiger partial charge in [0.2, 0.25) is 29.5 Å². The Hall–Kier alpha value is -6.71. The van der Waals surface area contributed by atoms with Gasteiger partial charge in [0, 0.05) is 31.0 Å². The normalized spacial score (nSPS) is 14.2. The number of aryl methyl sites for hydroxylation is 1. The number of nitrogens with two attached hydrogens (primary N) is 1. The summed E-state index contributed by atoms with van der Waals surface area (Å²) in [6.45, 7) is 10.6. The molecule has 362 valence electrons. The van der Waals surface area contributed by atoms with E-state index in [9.17, 15) is 61.4 Å². The number of hydrogen-bond donors (Lipinski definition) is 8. The van der Waals surface area contributed by atoms with Gasteiger partial charge in [0.05, 0.1) is 24.9 Å². The Bertz CT molecular complexity index is 2110. The van der Waals surface area contributed by atoms with Crippen molar-refractivity contribution < 1.29 is 71.3 Å². The summed E-state index contributed by atoms with van der Waals surface area (Å²) in [4.78, 5) is 132. The van der Waals surface area contributed by atoms with Crippen LogP contribution in [0.5, 0.6) is 0 Å². The lowest BCUT2D eigenvalue weighted by molar-refractivity contribution is -0.148. The van der Waals surface area contributed by atoms with Crippen LogP contribution < -0.4 is 32.3 Å². The molecular formula is C44H58F3N7O12. The molecule has 19 nitrogen and oxygen atoms in total. The molecule has 7 amide bonds. The molecule has 0 aliphatic heterocycles. The highest BCUT2D eigenvalue weighted by Crippen LogP contribution is 2.29. The number of carboxylic acid groups (broad SMARTS) is 2. The van der Waals surface area contributed by atoms with E-state index in [1.807, 2.05) is 5.32 Å². The summed E-state index contributed by atoms with van der Waals surface area (Å²) in [5.41, 5.74) is 5.31. The Morgan fingerprint density at radius 3 is 1.83 bits per heavy atom. The molecule has 0 spiro atoms. The maximum atomic E-state index is 15.3. The number of nitrogens with one attached hydrogen (secondary N) is 5. The number of halogens is 3. The van der Waals surface area contributed by atoms with Crippen molar-refractivity contribution in [1.29, 1.82) is 0 Å². The van der Waals surface area contributed by atoms with Crippen molar-refractivity contribution in [2.75, 3.05) is 5.32 Å². The van der Waals surface area contributed by atoms with Gasteiger partial charge in [-0.3, -0.25) is 48.1 Å². The number of carbonyl (C=O) groups excluding carboxylic acids is 8. The van der Waals surface area contributed by atoms with Gasteiger partial charge in [-0.15, -0.1) is 0 Å². The summed E-state index contributed by atoms with van der Waals surface area (Å²) in [7, 11) is 0. The maximum Gasteiger partial charge on any atom is 0.391 e. The number of benzene rings is 2. The summed E-state index contributed by atoms with van der Waals surface area (Å²) >= 11 is 0. The minimum atomic E-state index is -4.85. The molecule has 0 fully saturated rings. The van der Waals surface area contributed by atoms with Crippen LogP contribution in [0.15, 0.2) is 48.5 Å². The number of anilines is 1. The Morgan fingerprint density at radius 1 is 0.773 bits per heavy atom. The first kappa shape index (κ1) is 55.4. The van der Waals surface area contributed by atoms with E-state index in [4.69, 9.17) is 10.8 Å². The van der Waals surface area contributed by atoms with Crippen LogP contribution in [0.4, 0.5) is 18.9 Å². The fourth-order valence-electron chi connectivity index (χ4n) is 6.70. The smallest absolute Gasteiger partial charge is 0.391 e. The largest absolute Gasteiger partial charge is 0.481 e. The topological polar surface area (TPSA) is 301 Å². The highest BCUT2D eigenvalue weighted by molar-refractivity contribution is 6.10. The zero-order chi connectivity index (χ0) is 50.3. The number of amides is 7. The van der Waals surface area contributed by atoms with E-state index in [1.54, 1.807) is 45.0 Å². The number of carbonyl (C=O) groups is 10. The highest BCUT2D eigenvalue weighted by atomic mass is 19.4. The molecule has 0 aromatic heterocycles. The number of imide groups is 1. The van der Waals surface area contributed by atoms with Crippen LogP contribution in [0.2, 0.25) is 0 Å². The van der Waals surface area contributed by atoms with Gasteiger partial charge in [-0.2, -0.15) is 13.2 Å². The van der Waals surface area contributed by atoms with Crippen molar-refractivity contribution in [2.24, 2.45) is 17.1 Å². The molecule has 2 aromatic carbocycles. The van der Waals surface area contributed by atoms with Gasteiger partial charge in [0.25, 0.3) is 11.8 Å². The Kier molecular flexibility index (Phi) is 20.6. The Morgan fingerprint density at radius 2 is 1.33 bits per heavy atom. The molecule has 1 unspecified atom stereocenters. The predicted molar refractivity (Wildman–Crippen MR) is 231 cm³/mol. The van der Waals surface area contributed by atoms with Crippen LogP contribution in [0.25, 0.3) is 0 Å². The second-order valence-electron chi connectivity index (χ2n) is 17.2. The lowest BCUT2D eigenvalue weighted by atomic mass is 9.83. The third kappa shape index (κ3) is 18.0. The zero-order valence-electron chi connectivity index (χ0n) is 37.6. The molecule has 0 radical (unpaired) electrons. The minimum Gasteiger partial charge on any atom is -0.481 e. The molecule has 0 saturated heterocycles. The molecule has 2 rings (SSSR count). The fraction of sp³-hybridized carbons (Fsp3) is 0.500. The lowest BCUT2D eigenvalue weighted by Gasteiger charge is -2.40. The van der Waals surface area contributed by atoms with Crippen molar-refractivity contribution in [3.8, 4) is 0 Å². The van der Waals surface area contributed by atoms with Crippen LogP contribution in [0.1, 0.15) is 95.1 Å². The summed E-state index contributed by atoms with van der Waals surface area (Å²) < 4.78 is 39.7. The molecular weight excluding hydrogens is 876 g/mol. The van der Waals surface area contributed by atoms with E-state index in [0.717, 1.165) is 0 Å². The quantitative estimate of drug-likeness (QED) is 0.0744. The first-order valence-corrected chi connectivity index (χ1v) is 20.8. The van der Waals surface area contributed by atoms with Crippen molar-refractivity contribution in [1.82, 2.24) is 26.2 Å². The van der Waals surface area contributed by atoms with Gasteiger partial charge in [0.1, 0.15) is 30.5 Å². The van der Waals surface area contributed by atoms with Crippen molar-refractivity contribution in [3.05, 3.63) is 65.2 Å². The standard InChI is InChI=1S/C44H58F3N7O12/c1-23(2)18-32(39(63)50-29(22-55)21-44(45,46)47)52-40(64)36(43(5,6)7)54(41(65)26-12-14-28(15-13-26)49-25(4)56)42(66)33(19-27-11-9-8-10-24(27)3)53-38(62)31(16-17-34(57)58)51-37(61)30(48)20-35(59)60/h8-15,22-23,29-33,36H,16-21,48H2,1-7H3,(H,49,56)(H,50,63)(H,51,61)(H,52,64)(H,53,62)(H,57,58)(H,59,60)/t29?,30-,31-,32-,33-,36+/m0/s1. The second-order valence-corrected chi connectivity index (χ2v) is 17.2. The molecule has 9 N–H and O–H groups in total. The van der Waals surface area contributed by atoms with Gasteiger partial charge in [0.15, 0.2) is 0 Å². The van der Waals surface area contributed by atoms with Gasteiger partial charge < -0.3 is 47.3 Å². The average molecular weight is 934 g/mol. The van der Waals surface area contributed by atoms with Gasteiger partial charge in [-0.05, 0) is 66.5 Å². The van der Waals surface area contributed by atoms with Crippen LogP contribution in [0, 0.1) is 18.3 Å². The summed E-state index contributed by atoms with van der Waals surface area (Å²) in [6, 6.07) is 0.919. The number of carboxylic acids is 2. The van der Waals surface area contributed by atoms with E-state index in [-0.39, 0.29) is 30.4 Å². The van der Waals surface area contributed by atoms with Gasteiger partial charge in [-0.25, -0.2) is 0 Å². The van der Waals surface area contributed by atoms with Gasteiger partial charge >= 0.3 is 18.1 Å². The van der Waals surface area contributed by atoms with E-state index in [2.05, 4.69) is 21.3 Å². The van der Waals surface area contributed by atoms with E-state index in [0.29, 0.717) is 16.0 Å².